The summed E-state index contributed by atoms with van der Waals surface area (Å²) in [5.74, 6) is -0.379. The zero-order valence-corrected chi connectivity index (χ0v) is 17.4. The van der Waals surface area contributed by atoms with Crippen LogP contribution in [0.4, 0.5) is 0 Å². The third kappa shape index (κ3) is 4.09. The number of hydrogen-bond donors (Lipinski definition) is 0. The lowest BCUT2D eigenvalue weighted by atomic mass is 10.2. The summed E-state index contributed by atoms with van der Waals surface area (Å²) in [7, 11) is 0. The normalized spacial score (nSPS) is 16.3. The van der Waals surface area contributed by atoms with Crippen molar-refractivity contribution in [1.82, 2.24) is 5.01 Å². The van der Waals surface area contributed by atoms with Crippen molar-refractivity contribution >= 4 is 92.9 Å². The van der Waals surface area contributed by atoms with E-state index in [1.165, 1.54) is 6.21 Å². The predicted octanol–water partition coefficient (Wildman–Crippen LogP) is 6.54. The number of carbonyl (C=O) groups excluding carboxylic acids is 1. The second-order valence-electron chi connectivity index (χ2n) is 5.01. The molecule has 0 bridgehead atoms. The molecule has 2 aromatic rings. The fraction of sp³-hybridized carbons (Fsp3) is 0. The molecule has 0 N–H and O–H groups in total. The second-order valence-corrected chi connectivity index (χ2v) is 8.31. The van der Waals surface area contributed by atoms with E-state index in [1.54, 1.807) is 42.5 Å². The summed E-state index contributed by atoms with van der Waals surface area (Å²) < 4.78 is 0.281. The topological polar surface area (TPSA) is 32.7 Å². The van der Waals surface area contributed by atoms with Crippen LogP contribution in [0.2, 0.25) is 20.1 Å². The lowest BCUT2D eigenvalue weighted by Gasteiger charge is -2.07. The maximum absolute atomic E-state index is 12.6. The average molecular weight is 462 g/mol. The van der Waals surface area contributed by atoms with Gasteiger partial charge in [-0.05, 0) is 42.6 Å². The molecule has 0 aromatic heterocycles. The number of nitrogens with zero attached hydrogens (tertiary/aromatic N) is 2. The minimum Gasteiger partial charge on any atom is -0.266 e. The van der Waals surface area contributed by atoms with E-state index in [0.717, 1.165) is 16.8 Å². The lowest BCUT2D eigenvalue weighted by Crippen LogP contribution is -2.22. The molecule has 2 aromatic carbocycles. The van der Waals surface area contributed by atoms with Crippen LogP contribution >= 0.6 is 70.4 Å². The van der Waals surface area contributed by atoms with Gasteiger partial charge in [-0.25, -0.2) is 0 Å². The molecule has 0 atom stereocenters. The summed E-state index contributed by atoms with van der Waals surface area (Å²) in [6.07, 6.45) is 3.00. The Labute approximate surface area is 179 Å². The number of hydrazone groups is 1. The molecule has 9 heteroatoms. The number of benzene rings is 2. The second kappa shape index (κ2) is 8.30. The van der Waals surface area contributed by atoms with E-state index >= 15 is 0 Å². The van der Waals surface area contributed by atoms with Crippen LogP contribution in [0, 0.1) is 0 Å². The van der Waals surface area contributed by atoms with Crippen molar-refractivity contribution in [2.45, 2.75) is 0 Å². The Morgan fingerprint density at radius 3 is 1.96 bits per heavy atom. The van der Waals surface area contributed by atoms with Gasteiger partial charge in [-0.3, -0.25) is 4.79 Å². The number of thioether (sulfide) groups is 1. The summed E-state index contributed by atoms with van der Waals surface area (Å²) in [4.78, 5) is 13.0. The monoisotopic (exact) mass is 460 g/mol. The predicted molar refractivity (Wildman–Crippen MR) is 116 cm³/mol. The minimum absolute atomic E-state index is 0.281. The van der Waals surface area contributed by atoms with Gasteiger partial charge in [0, 0.05) is 21.2 Å². The Morgan fingerprint density at radius 2 is 1.42 bits per heavy atom. The van der Waals surface area contributed by atoms with Gasteiger partial charge in [0.15, 0.2) is 4.32 Å². The zero-order valence-electron chi connectivity index (χ0n) is 12.7. The summed E-state index contributed by atoms with van der Waals surface area (Å²) in [5.41, 5.74) is 1.05. The van der Waals surface area contributed by atoms with Crippen molar-refractivity contribution in [3.8, 4) is 0 Å². The molecule has 132 valence electrons. The molecule has 3 nitrogen and oxygen atoms in total. The first-order chi connectivity index (χ1) is 12.4. The van der Waals surface area contributed by atoms with Crippen LogP contribution in [0.3, 0.4) is 0 Å². The van der Waals surface area contributed by atoms with Crippen LogP contribution in [-0.2, 0) is 4.79 Å². The first-order valence-electron chi connectivity index (χ1n) is 7.08. The lowest BCUT2D eigenvalue weighted by molar-refractivity contribution is -0.122. The van der Waals surface area contributed by atoms with Crippen molar-refractivity contribution in [3.63, 3.8) is 0 Å². The van der Waals surface area contributed by atoms with Gasteiger partial charge in [-0.15, -0.1) is 0 Å². The van der Waals surface area contributed by atoms with Gasteiger partial charge in [-0.2, -0.15) is 10.1 Å². The van der Waals surface area contributed by atoms with Crippen LogP contribution in [0.15, 0.2) is 46.4 Å². The van der Waals surface area contributed by atoms with Crippen molar-refractivity contribution in [3.05, 3.63) is 72.5 Å². The third-order valence-electron chi connectivity index (χ3n) is 3.35. The van der Waals surface area contributed by atoms with E-state index < -0.39 is 0 Å². The summed E-state index contributed by atoms with van der Waals surface area (Å²) in [5, 5.41) is 6.96. The quantitative estimate of drug-likeness (QED) is 0.295. The molecule has 0 spiro atoms. The Balaban J connectivity index is 1.90. The van der Waals surface area contributed by atoms with Crippen LogP contribution in [-0.4, -0.2) is 21.5 Å². The highest BCUT2D eigenvalue weighted by molar-refractivity contribution is 8.26. The van der Waals surface area contributed by atoms with Crippen molar-refractivity contribution in [2.75, 3.05) is 0 Å². The Hall–Kier alpha value is -1.08. The maximum Gasteiger partial charge on any atom is 0.286 e. The first-order valence-corrected chi connectivity index (χ1v) is 9.82. The van der Waals surface area contributed by atoms with E-state index in [4.69, 9.17) is 58.6 Å². The third-order valence-corrected chi connectivity index (χ3v) is 5.95. The van der Waals surface area contributed by atoms with Gasteiger partial charge in [0.05, 0.1) is 21.2 Å². The van der Waals surface area contributed by atoms with Crippen molar-refractivity contribution < 1.29 is 4.79 Å². The van der Waals surface area contributed by atoms with E-state index in [0.29, 0.717) is 36.1 Å². The molecule has 1 aliphatic rings. The smallest absolute Gasteiger partial charge is 0.266 e. The molecule has 3 rings (SSSR count). The largest absolute Gasteiger partial charge is 0.286 e. The number of halogens is 4. The molecule has 0 aliphatic carbocycles. The molecule has 0 radical (unpaired) electrons. The van der Waals surface area contributed by atoms with E-state index in [-0.39, 0.29) is 10.2 Å². The number of amides is 1. The highest BCUT2D eigenvalue weighted by Crippen LogP contribution is 2.36. The summed E-state index contributed by atoms with van der Waals surface area (Å²) in [6, 6.07) is 10.2. The molecular weight excluding hydrogens is 454 g/mol. The molecule has 26 heavy (non-hydrogen) atoms. The summed E-state index contributed by atoms with van der Waals surface area (Å²) in [6.45, 7) is 0. The molecule has 1 heterocycles. The van der Waals surface area contributed by atoms with E-state index in [1.807, 2.05) is 0 Å². The SMILES string of the molecule is O=C1/C(=C\c2c(Cl)cccc2Cl)SC(=S)N1/N=C/c1c(Cl)cccc1Cl. The van der Waals surface area contributed by atoms with Gasteiger partial charge < -0.3 is 0 Å². The Morgan fingerprint density at radius 1 is 0.923 bits per heavy atom. The van der Waals surface area contributed by atoms with Crippen molar-refractivity contribution in [1.29, 1.82) is 0 Å². The summed E-state index contributed by atoms with van der Waals surface area (Å²) >= 11 is 30.8. The minimum atomic E-state index is -0.379. The fourth-order valence-corrected chi connectivity index (χ4v) is 4.24. The Kier molecular flexibility index (Phi) is 6.28. The first kappa shape index (κ1) is 19.7. The Bertz CT molecular complexity index is 935. The maximum atomic E-state index is 12.6. The number of rotatable bonds is 3. The van der Waals surface area contributed by atoms with Gasteiger partial charge in [0.25, 0.3) is 5.91 Å². The fourth-order valence-electron chi connectivity index (χ4n) is 2.09. The van der Waals surface area contributed by atoms with Crippen LogP contribution in [0.1, 0.15) is 11.1 Å². The van der Waals surface area contributed by atoms with Crippen LogP contribution < -0.4 is 0 Å². The van der Waals surface area contributed by atoms with Crippen LogP contribution in [0.5, 0.6) is 0 Å². The van der Waals surface area contributed by atoms with Gasteiger partial charge in [-0.1, -0.05) is 70.3 Å². The van der Waals surface area contributed by atoms with Gasteiger partial charge in [0.2, 0.25) is 0 Å². The number of carbonyl (C=O) groups is 1. The highest BCUT2D eigenvalue weighted by atomic mass is 35.5. The van der Waals surface area contributed by atoms with Gasteiger partial charge in [0.1, 0.15) is 0 Å². The molecule has 1 amide bonds. The number of thiocarbonyl (C=S) groups is 1. The molecule has 1 saturated heterocycles. The van der Waals surface area contributed by atoms with E-state index in [9.17, 15) is 4.79 Å². The number of hydrogen-bond acceptors (Lipinski definition) is 4. The molecule has 0 unspecified atom stereocenters. The van der Waals surface area contributed by atoms with Gasteiger partial charge >= 0.3 is 0 Å². The van der Waals surface area contributed by atoms with E-state index in [2.05, 4.69) is 5.10 Å². The molecule has 0 saturated carbocycles. The standard InChI is InChI=1S/C17H8Cl4N2OS2/c18-11-3-1-4-12(19)9(11)7-15-16(24)23(17(25)26-15)22-8-10-13(20)5-2-6-14(10)21/h1-8H/b15-7+,22-8+. The zero-order chi connectivity index (χ0) is 18.8. The van der Waals surface area contributed by atoms with Crippen molar-refractivity contribution in [2.24, 2.45) is 5.10 Å². The molecule has 1 aliphatic heterocycles. The molecular formula is C17H8Cl4N2OS2. The molecule has 1 fully saturated rings. The highest BCUT2D eigenvalue weighted by Gasteiger charge is 2.32. The van der Waals surface area contributed by atoms with Crippen LogP contribution in [0.25, 0.3) is 6.08 Å². The average Bonchev–Trinajstić information content (AvgIpc) is 2.85.